The highest BCUT2D eigenvalue weighted by Gasteiger charge is 2.65. The number of amides is 4. The van der Waals surface area contributed by atoms with Crippen molar-refractivity contribution in [2.45, 2.75) is 62.6 Å². The number of hydrogen-bond acceptors (Lipinski definition) is 6. The first kappa shape index (κ1) is 29.5. The number of carbonyl (C=O) groups excluding carboxylic acids is 4. The lowest BCUT2D eigenvalue weighted by atomic mass is 9.68. The molecule has 0 spiro atoms. The van der Waals surface area contributed by atoms with Crippen LogP contribution in [0, 0.1) is 35.0 Å². The lowest BCUT2D eigenvalue weighted by Gasteiger charge is -2.44. The largest absolute Gasteiger partial charge is 0.522 e. The highest BCUT2D eigenvalue weighted by Crippen LogP contribution is 2.53. The van der Waals surface area contributed by atoms with Crippen LogP contribution in [0.1, 0.15) is 38.5 Å². The second-order valence-electron chi connectivity index (χ2n) is 9.76. The minimum absolute atomic E-state index is 0.211. The summed E-state index contributed by atoms with van der Waals surface area (Å²) in [6, 6.07) is -0.561. The monoisotopic (exact) mass is 555 g/mol. The zero-order valence-electron chi connectivity index (χ0n) is 20.0. The van der Waals surface area contributed by atoms with Gasteiger partial charge in [-0.3, -0.25) is 23.9 Å². The van der Waals surface area contributed by atoms with E-state index in [1.807, 2.05) is 6.07 Å². The van der Waals surface area contributed by atoms with Gasteiger partial charge in [-0.1, -0.05) is 6.42 Å². The SMILES string of the molecule is N#C[C@@H](C[C@@H]1CCCNC1=O)C1(C(N)=O)C2CCCC2CN1C(=O)[C@H](COC(F)(F)F)NC(=O)C(F)(F)F. The molecule has 3 unspecified atom stereocenters. The third-order valence-electron chi connectivity index (χ3n) is 7.63. The Bertz CT molecular complexity index is 999. The van der Waals surface area contributed by atoms with E-state index in [-0.39, 0.29) is 18.9 Å². The molecule has 6 atom stereocenters. The quantitative estimate of drug-likeness (QED) is 0.381. The summed E-state index contributed by atoms with van der Waals surface area (Å²) in [6.07, 6.45) is -8.81. The predicted molar refractivity (Wildman–Crippen MR) is 114 cm³/mol. The molecular formula is C22H27F6N5O5. The molecule has 1 aliphatic carbocycles. The topological polar surface area (TPSA) is 155 Å². The van der Waals surface area contributed by atoms with Crippen molar-refractivity contribution in [1.29, 1.82) is 5.26 Å². The second-order valence-corrected chi connectivity index (χ2v) is 9.76. The van der Waals surface area contributed by atoms with Gasteiger partial charge in [0.2, 0.25) is 17.7 Å². The van der Waals surface area contributed by atoms with Gasteiger partial charge in [-0.05, 0) is 43.9 Å². The van der Waals surface area contributed by atoms with Gasteiger partial charge >= 0.3 is 18.4 Å². The van der Waals surface area contributed by atoms with Crippen LogP contribution in [-0.2, 0) is 23.9 Å². The molecule has 3 aliphatic rings. The number of primary amides is 1. The van der Waals surface area contributed by atoms with Crippen LogP contribution in [0.3, 0.4) is 0 Å². The van der Waals surface area contributed by atoms with Crippen LogP contribution < -0.4 is 16.4 Å². The van der Waals surface area contributed by atoms with Crippen LogP contribution in [0.5, 0.6) is 0 Å². The van der Waals surface area contributed by atoms with Gasteiger partial charge in [0.1, 0.15) is 11.6 Å². The molecule has 2 saturated heterocycles. The average Bonchev–Trinajstić information content (AvgIpc) is 3.40. The Labute approximate surface area is 213 Å². The average molecular weight is 555 g/mol. The van der Waals surface area contributed by atoms with Gasteiger partial charge in [-0.15, -0.1) is 13.2 Å². The van der Waals surface area contributed by atoms with Crippen molar-refractivity contribution in [1.82, 2.24) is 15.5 Å². The summed E-state index contributed by atoms with van der Waals surface area (Å²) < 4.78 is 80.5. The number of ether oxygens (including phenoxy) is 1. The molecule has 0 bridgehead atoms. The van der Waals surface area contributed by atoms with E-state index in [0.29, 0.717) is 38.6 Å². The first-order chi connectivity index (χ1) is 17.6. The molecule has 2 heterocycles. The number of alkyl halides is 6. The third kappa shape index (κ3) is 5.82. The molecule has 0 radical (unpaired) electrons. The fraction of sp³-hybridized carbons (Fsp3) is 0.773. The summed E-state index contributed by atoms with van der Waals surface area (Å²) >= 11 is 0. The number of likely N-dealkylation sites (tertiary alicyclic amines) is 1. The molecule has 0 aromatic carbocycles. The van der Waals surface area contributed by atoms with Gasteiger partial charge in [0.25, 0.3) is 0 Å². The van der Waals surface area contributed by atoms with E-state index < -0.39 is 72.1 Å². The summed E-state index contributed by atoms with van der Waals surface area (Å²) in [5.41, 5.74) is 3.66. The highest BCUT2D eigenvalue weighted by atomic mass is 19.4. The Kier molecular flexibility index (Phi) is 8.49. The number of nitriles is 1. The number of hydrogen-bond donors (Lipinski definition) is 3. The lowest BCUT2D eigenvalue weighted by Crippen LogP contribution is -2.67. The lowest BCUT2D eigenvalue weighted by molar-refractivity contribution is -0.325. The molecule has 4 amide bonds. The molecule has 0 aromatic heterocycles. The summed E-state index contributed by atoms with van der Waals surface area (Å²) in [7, 11) is 0. The Balaban J connectivity index is 2.03. The van der Waals surface area contributed by atoms with Crippen molar-refractivity contribution < 1.29 is 50.3 Å². The van der Waals surface area contributed by atoms with Crippen molar-refractivity contribution in [3.05, 3.63) is 0 Å². The second kappa shape index (κ2) is 11.0. The zero-order chi connectivity index (χ0) is 28.5. The van der Waals surface area contributed by atoms with E-state index in [9.17, 15) is 50.8 Å². The van der Waals surface area contributed by atoms with Crippen LogP contribution in [-0.4, -0.2) is 72.3 Å². The molecule has 4 N–H and O–H groups in total. The van der Waals surface area contributed by atoms with Gasteiger partial charge in [0.05, 0.1) is 18.6 Å². The number of rotatable bonds is 8. The van der Waals surface area contributed by atoms with Crippen molar-refractivity contribution in [2.24, 2.45) is 29.4 Å². The molecule has 38 heavy (non-hydrogen) atoms. The predicted octanol–water partition coefficient (Wildman–Crippen LogP) is 1.11. The standard InChI is InChI=1S/C22H27F6N5O5/c23-21(24,25)19(37)32-15(10-38-22(26,27)28)17(35)33-9-12-3-1-5-14(12)20(33,18(30)36)13(8-29)7-11-4-2-6-31-16(11)34/h11-15H,1-7,9-10H2,(H2,30,36)(H,31,34)(H,32,37)/t11-,12?,13+,14?,15-,20?/m0/s1. The van der Waals surface area contributed by atoms with Gasteiger partial charge in [0, 0.05) is 19.0 Å². The van der Waals surface area contributed by atoms with Crippen molar-refractivity contribution in [3.63, 3.8) is 0 Å². The summed E-state index contributed by atoms with van der Waals surface area (Å²) in [5, 5.41) is 14.0. The Morgan fingerprint density at radius 1 is 1.18 bits per heavy atom. The van der Waals surface area contributed by atoms with Crippen molar-refractivity contribution in [2.75, 3.05) is 19.7 Å². The van der Waals surface area contributed by atoms with Gasteiger partial charge in [-0.25, -0.2) is 0 Å². The van der Waals surface area contributed by atoms with Crippen molar-refractivity contribution in [3.8, 4) is 6.07 Å². The smallest absolute Gasteiger partial charge is 0.368 e. The Morgan fingerprint density at radius 2 is 1.87 bits per heavy atom. The maximum Gasteiger partial charge on any atom is 0.522 e. The molecule has 10 nitrogen and oxygen atoms in total. The molecule has 3 fully saturated rings. The molecule has 3 rings (SSSR count). The first-order valence-corrected chi connectivity index (χ1v) is 12.0. The number of carbonyl (C=O) groups is 4. The fourth-order valence-electron chi connectivity index (χ4n) is 6.08. The van der Waals surface area contributed by atoms with Crippen LogP contribution in [0.4, 0.5) is 26.3 Å². The number of fused-ring (bicyclic) bond motifs is 1. The highest BCUT2D eigenvalue weighted by molar-refractivity contribution is 5.96. The van der Waals surface area contributed by atoms with Crippen LogP contribution in [0.25, 0.3) is 0 Å². The Morgan fingerprint density at radius 3 is 2.42 bits per heavy atom. The number of nitrogens with zero attached hydrogens (tertiary/aromatic N) is 2. The summed E-state index contributed by atoms with van der Waals surface area (Å²) in [6.45, 7) is -1.60. The van der Waals surface area contributed by atoms with Crippen molar-refractivity contribution >= 4 is 23.6 Å². The van der Waals surface area contributed by atoms with Gasteiger partial charge < -0.3 is 21.3 Å². The maximum absolute atomic E-state index is 13.6. The molecular weight excluding hydrogens is 528 g/mol. The first-order valence-electron chi connectivity index (χ1n) is 12.0. The van der Waals surface area contributed by atoms with E-state index in [1.165, 1.54) is 5.32 Å². The molecule has 2 aliphatic heterocycles. The zero-order valence-corrected chi connectivity index (χ0v) is 20.0. The Hall–Kier alpha value is -3.09. The van der Waals surface area contributed by atoms with E-state index in [2.05, 4.69) is 10.1 Å². The number of nitrogens with two attached hydrogens (primary N) is 1. The molecule has 212 valence electrons. The van der Waals surface area contributed by atoms with E-state index in [4.69, 9.17) is 5.73 Å². The number of piperidine rings is 1. The summed E-state index contributed by atoms with van der Waals surface area (Å²) in [5.74, 6) is -8.99. The minimum Gasteiger partial charge on any atom is -0.368 e. The van der Waals surface area contributed by atoms with Crippen LogP contribution in [0.15, 0.2) is 0 Å². The van der Waals surface area contributed by atoms with E-state index in [0.717, 1.165) is 4.90 Å². The van der Waals surface area contributed by atoms with Crippen LogP contribution in [0.2, 0.25) is 0 Å². The molecule has 0 aromatic rings. The van der Waals surface area contributed by atoms with E-state index in [1.54, 1.807) is 0 Å². The normalized spacial score (nSPS) is 29.1. The summed E-state index contributed by atoms with van der Waals surface area (Å²) in [4.78, 5) is 51.4. The number of halogens is 6. The number of nitrogens with one attached hydrogen (secondary N) is 2. The molecule has 1 saturated carbocycles. The third-order valence-corrected chi connectivity index (χ3v) is 7.63. The maximum atomic E-state index is 13.6. The van der Waals surface area contributed by atoms with Gasteiger partial charge in [-0.2, -0.15) is 18.4 Å². The van der Waals surface area contributed by atoms with Gasteiger partial charge in [0.15, 0.2) is 0 Å². The fourth-order valence-corrected chi connectivity index (χ4v) is 6.08. The minimum atomic E-state index is -5.54. The van der Waals surface area contributed by atoms with E-state index >= 15 is 0 Å². The molecule has 16 heteroatoms. The van der Waals surface area contributed by atoms with Crippen LogP contribution >= 0.6 is 0 Å².